The molecule has 0 aliphatic rings. The molecule has 0 bridgehead atoms. The highest BCUT2D eigenvalue weighted by molar-refractivity contribution is 5.93. The van der Waals surface area contributed by atoms with Crippen molar-refractivity contribution in [2.45, 2.75) is 0 Å². The predicted molar refractivity (Wildman–Crippen MR) is 35.9 cm³/mol. The van der Waals surface area contributed by atoms with Crippen molar-refractivity contribution >= 4 is 5.97 Å². The Hall–Kier alpha value is -1.70. The van der Waals surface area contributed by atoms with Crippen molar-refractivity contribution in [3.63, 3.8) is 0 Å². The van der Waals surface area contributed by atoms with E-state index in [1.165, 1.54) is 7.11 Å². The molecule has 0 unspecified atom stereocenters. The Kier molecular flexibility index (Phi) is 3.52. The maximum atomic E-state index is 10.7. The minimum absolute atomic E-state index is 0.237. The summed E-state index contributed by atoms with van der Waals surface area (Å²) in [5.74, 6) is -1.04. The van der Waals surface area contributed by atoms with Crippen LogP contribution < -0.4 is 5.73 Å². The molecule has 0 spiro atoms. The molecule has 0 atom stereocenters. The van der Waals surface area contributed by atoms with Crippen molar-refractivity contribution in [3.05, 3.63) is 11.5 Å². The third-order valence-electron chi connectivity index (χ3n) is 0.968. The van der Waals surface area contributed by atoms with Crippen LogP contribution in [0.25, 0.3) is 0 Å². The van der Waals surface area contributed by atoms with Crippen LogP contribution >= 0.6 is 0 Å². The van der Waals surface area contributed by atoms with Gasteiger partial charge in [-0.1, -0.05) is 0 Å². The second kappa shape index (κ2) is 4.17. The van der Waals surface area contributed by atoms with E-state index in [0.29, 0.717) is 0 Å². The van der Waals surface area contributed by atoms with Gasteiger partial charge in [0.2, 0.25) is 5.88 Å². The fourth-order valence-electron chi connectivity index (χ4n) is 0.405. The predicted octanol–water partition coefficient (Wildman–Crippen LogP) is -0.500. The average Bonchev–Trinajstić information content (AvgIpc) is 2.05. The Bertz CT molecular complexity index is 226. The number of nitrogens with two attached hydrogens (primary N) is 1. The third-order valence-corrected chi connectivity index (χ3v) is 0.968. The fraction of sp³-hybridized carbons (Fsp3) is 0.333. The van der Waals surface area contributed by atoms with E-state index in [1.807, 2.05) is 0 Å². The third kappa shape index (κ3) is 2.18. The molecule has 0 fully saturated rings. The largest absolute Gasteiger partial charge is 0.482 e. The Labute approximate surface area is 64.0 Å². The van der Waals surface area contributed by atoms with Gasteiger partial charge in [0.1, 0.15) is 6.07 Å². The first-order valence-electron chi connectivity index (χ1n) is 2.69. The quantitative estimate of drug-likeness (QED) is 0.252. The van der Waals surface area contributed by atoms with Gasteiger partial charge in [-0.2, -0.15) is 5.26 Å². The Morgan fingerprint density at radius 2 is 2.00 bits per heavy atom. The van der Waals surface area contributed by atoms with Gasteiger partial charge in [0.05, 0.1) is 14.2 Å². The average molecular weight is 156 g/mol. The van der Waals surface area contributed by atoms with Gasteiger partial charge in [0.15, 0.2) is 5.57 Å². The van der Waals surface area contributed by atoms with E-state index in [4.69, 9.17) is 11.0 Å². The van der Waals surface area contributed by atoms with Gasteiger partial charge in [-0.05, 0) is 0 Å². The first kappa shape index (κ1) is 9.30. The fourth-order valence-corrected chi connectivity index (χ4v) is 0.405. The molecule has 0 aliphatic heterocycles. The van der Waals surface area contributed by atoms with Crippen molar-refractivity contribution in [2.75, 3.05) is 14.2 Å². The van der Waals surface area contributed by atoms with Gasteiger partial charge in [-0.15, -0.1) is 0 Å². The number of esters is 1. The number of carbonyl (C=O) groups excluding carboxylic acids is 1. The summed E-state index contributed by atoms with van der Waals surface area (Å²) in [7, 11) is 2.41. The monoisotopic (exact) mass is 156 g/mol. The molecular weight excluding hydrogens is 148 g/mol. The van der Waals surface area contributed by atoms with Crippen molar-refractivity contribution in [2.24, 2.45) is 5.73 Å². The minimum Gasteiger partial charge on any atom is -0.482 e. The highest BCUT2D eigenvalue weighted by Gasteiger charge is 2.13. The summed E-state index contributed by atoms with van der Waals surface area (Å²) in [5.41, 5.74) is 4.81. The minimum atomic E-state index is -0.799. The number of methoxy groups -OCH3 is 2. The van der Waals surface area contributed by atoms with Crippen molar-refractivity contribution in [1.82, 2.24) is 0 Å². The zero-order chi connectivity index (χ0) is 8.85. The second-order valence-corrected chi connectivity index (χ2v) is 1.55. The SMILES string of the molecule is COC(=O)/C(C#N)=C(/N)OC. The van der Waals surface area contributed by atoms with E-state index in [0.717, 1.165) is 7.11 Å². The standard InChI is InChI=1S/C6H8N2O3/c1-10-5(8)4(3-7)6(9)11-2/h8H2,1-2H3/b5-4-. The van der Waals surface area contributed by atoms with Crippen molar-refractivity contribution in [3.8, 4) is 6.07 Å². The van der Waals surface area contributed by atoms with Crippen LogP contribution in [0.15, 0.2) is 11.5 Å². The lowest BCUT2D eigenvalue weighted by molar-refractivity contribution is -0.135. The maximum Gasteiger partial charge on any atom is 0.354 e. The molecule has 11 heavy (non-hydrogen) atoms. The lowest BCUT2D eigenvalue weighted by Gasteiger charge is -2.00. The molecule has 0 aliphatic carbocycles. The summed E-state index contributed by atoms with van der Waals surface area (Å²) >= 11 is 0. The Morgan fingerprint density at radius 1 is 1.45 bits per heavy atom. The van der Waals surface area contributed by atoms with Crippen LogP contribution in [0, 0.1) is 11.3 Å². The molecule has 0 amide bonds. The summed E-state index contributed by atoms with van der Waals surface area (Å²) < 4.78 is 8.71. The molecule has 60 valence electrons. The van der Waals surface area contributed by atoms with Crippen LogP contribution in [0.2, 0.25) is 0 Å². The van der Waals surface area contributed by atoms with Crippen LogP contribution in [0.1, 0.15) is 0 Å². The van der Waals surface area contributed by atoms with Crippen LogP contribution in [0.4, 0.5) is 0 Å². The van der Waals surface area contributed by atoms with Gasteiger partial charge in [-0.25, -0.2) is 4.79 Å². The molecule has 0 aromatic carbocycles. The number of nitrogens with zero attached hydrogens (tertiary/aromatic N) is 1. The highest BCUT2D eigenvalue weighted by Crippen LogP contribution is 1.99. The highest BCUT2D eigenvalue weighted by atomic mass is 16.5. The molecule has 0 aromatic heterocycles. The Morgan fingerprint density at radius 3 is 2.27 bits per heavy atom. The van der Waals surface area contributed by atoms with Crippen molar-refractivity contribution in [1.29, 1.82) is 5.26 Å². The summed E-state index contributed by atoms with van der Waals surface area (Å²) in [6.45, 7) is 0. The molecule has 5 heteroatoms. The zero-order valence-corrected chi connectivity index (χ0v) is 6.25. The maximum absolute atomic E-state index is 10.7. The summed E-state index contributed by atoms with van der Waals surface area (Å²) in [6, 6.07) is 1.56. The van der Waals surface area contributed by atoms with E-state index >= 15 is 0 Å². The van der Waals surface area contributed by atoms with Crippen molar-refractivity contribution < 1.29 is 14.3 Å². The van der Waals surface area contributed by atoms with Crippen LogP contribution in [-0.4, -0.2) is 20.2 Å². The van der Waals surface area contributed by atoms with Gasteiger partial charge < -0.3 is 15.2 Å². The first-order chi connectivity index (χ1) is 5.17. The second-order valence-electron chi connectivity index (χ2n) is 1.55. The molecule has 0 saturated carbocycles. The summed E-state index contributed by atoms with van der Waals surface area (Å²) in [5, 5.41) is 8.36. The number of ether oxygens (including phenoxy) is 2. The molecule has 0 rings (SSSR count). The smallest absolute Gasteiger partial charge is 0.354 e. The molecule has 0 aromatic rings. The van der Waals surface area contributed by atoms with E-state index in [9.17, 15) is 4.79 Å². The molecule has 2 N–H and O–H groups in total. The normalized spacial score (nSPS) is 11.0. The van der Waals surface area contributed by atoms with Gasteiger partial charge >= 0.3 is 5.97 Å². The van der Waals surface area contributed by atoms with Crippen LogP contribution in [0.3, 0.4) is 0 Å². The van der Waals surface area contributed by atoms with E-state index in [1.54, 1.807) is 6.07 Å². The van der Waals surface area contributed by atoms with Crippen LogP contribution in [0.5, 0.6) is 0 Å². The lowest BCUT2D eigenvalue weighted by Crippen LogP contribution is -2.12. The molecule has 5 nitrogen and oxygen atoms in total. The van der Waals surface area contributed by atoms with E-state index in [-0.39, 0.29) is 11.5 Å². The van der Waals surface area contributed by atoms with Gasteiger partial charge in [0.25, 0.3) is 0 Å². The van der Waals surface area contributed by atoms with E-state index < -0.39 is 5.97 Å². The number of hydrogen-bond acceptors (Lipinski definition) is 5. The number of carbonyl (C=O) groups is 1. The topological polar surface area (TPSA) is 85.3 Å². The summed E-state index contributed by atoms with van der Waals surface area (Å²) in [4.78, 5) is 10.7. The molecule has 0 radical (unpaired) electrons. The zero-order valence-electron chi connectivity index (χ0n) is 6.25. The Balaban J connectivity index is 4.69. The van der Waals surface area contributed by atoms with Gasteiger partial charge in [-0.3, -0.25) is 0 Å². The van der Waals surface area contributed by atoms with Gasteiger partial charge in [0, 0.05) is 0 Å². The number of nitriles is 1. The lowest BCUT2D eigenvalue weighted by atomic mass is 10.3. The van der Waals surface area contributed by atoms with E-state index in [2.05, 4.69) is 9.47 Å². The van der Waals surface area contributed by atoms with Crippen LogP contribution in [-0.2, 0) is 14.3 Å². The number of hydrogen-bond donors (Lipinski definition) is 1. The summed E-state index contributed by atoms with van der Waals surface area (Å²) in [6.07, 6.45) is 0. The number of rotatable bonds is 2. The molecule has 0 heterocycles. The molecular formula is C6H8N2O3. The molecule has 0 saturated heterocycles. The first-order valence-corrected chi connectivity index (χ1v) is 2.69.